The maximum absolute atomic E-state index is 13.7. The molecule has 3 atom stereocenters. The molecule has 2 aliphatic rings. The van der Waals surface area contributed by atoms with E-state index in [-0.39, 0.29) is 42.2 Å². The lowest BCUT2D eigenvalue weighted by Gasteiger charge is -2.47. The van der Waals surface area contributed by atoms with E-state index in [9.17, 15) is 26.3 Å². The topological polar surface area (TPSA) is 44.7 Å². The molecule has 238 valence electrons. The van der Waals surface area contributed by atoms with Crippen molar-refractivity contribution in [1.82, 2.24) is 14.9 Å². The molecule has 2 fully saturated rings. The molecule has 0 N–H and O–H groups in total. The molecule has 5 rings (SSSR count). The highest BCUT2D eigenvalue weighted by Crippen LogP contribution is 2.38. The Balaban J connectivity index is 1.52. The van der Waals surface area contributed by atoms with Crippen LogP contribution in [0.5, 0.6) is 0 Å². The minimum absolute atomic E-state index is 0.0976. The van der Waals surface area contributed by atoms with Crippen LogP contribution in [0.3, 0.4) is 0 Å². The Morgan fingerprint density at radius 1 is 0.841 bits per heavy atom. The zero-order valence-electron chi connectivity index (χ0n) is 24.8. The second-order valence-corrected chi connectivity index (χ2v) is 11.6. The molecule has 6 nitrogen and oxygen atoms in total. The Kier molecular flexibility index (Phi) is 9.69. The summed E-state index contributed by atoms with van der Waals surface area (Å²) in [4.78, 5) is 15.5. The Bertz CT molecular complexity index is 1330. The van der Waals surface area contributed by atoms with E-state index in [1.165, 1.54) is 0 Å². The van der Waals surface area contributed by atoms with E-state index in [4.69, 9.17) is 4.74 Å². The summed E-state index contributed by atoms with van der Waals surface area (Å²) < 4.78 is 87.9. The van der Waals surface area contributed by atoms with Gasteiger partial charge in [-0.25, -0.2) is 9.97 Å². The van der Waals surface area contributed by atoms with E-state index in [1.54, 1.807) is 17.3 Å². The van der Waals surface area contributed by atoms with Crippen LogP contribution in [-0.4, -0.2) is 66.3 Å². The molecule has 0 saturated carbocycles. The van der Waals surface area contributed by atoms with Gasteiger partial charge in [-0.15, -0.1) is 0 Å². The molecular formula is C32H37F6N5O. The minimum Gasteiger partial charge on any atom is -0.378 e. The van der Waals surface area contributed by atoms with Crippen molar-refractivity contribution in [3.05, 3.63) is 83.2 Å². The number of morpholine rings is 1. The standard InChI is InChI=1S/C32H37F6N5O/c1-3-26-17-28(18-27(41(26)2)15-22-7-5-4-6-8-22)43(30-39-19-29(20-40-30)42-9-11-44-12-10-42)21-23-13-24(31(33,34)35)16-25(14-23)32(36,37)38/h4-8,13-14,16,19-20,26-28H,3,9-12,15,17-18,21H2,1-2H3/t26-,27+,28+/m1/s1. The highest BCUT2D eigenvalue weighted by Gasteiger charge is 2.39. The quantitative estimate of drug-likeness (QED) is 0.257. The fraction of sp³-hybridized carbons (Fsp3) is 0.500. The highest BCUT2D eigenvalue weighted by molar-refractivity contribution is 5.47. The molecule has 3 heterocycles. The van der Waals surface area contributed by atoms with Crippen LogP contribution in [0.2, 0.25) is 0 Å². The lowest BCUT2D eigenvalue weighted by atomic mass is 9.86. The molecule has 2 saturated heterocycles. The first-order valence-electron chi connectivity index (χ1n) is 14.9. The van der Waals surface area contributed by atoms with Crippen molar-refractivity contribution in [2.75, 3.05) is 43.2 Å². The smallest absolute Gasteiger partial charge is 0.378 e. The number of aromatic nitrogens is 2. The Morgan fingerprint density at radius 2 is 1.43 bits per heavy atom. The first-order chi connectivity index (χ1) is 20.9. The first-order valence-corrected chi connectivity index (χ1v) is 14.9. The van der Waals surface area contributed by atoms with Crippen LogP contribution in [0.25, 0.3) is 0 Å². The summed E-state index contributed by atoms with van der Waals surface area (Å²) in [5.74, 6) is 0.274. The van der Waals surface area contributed by atoms with Crippen LogP contribution in [-0.2, 0) is 30.1 Å². The monoisotopic (exact) mass is 621 g/mol. The van der Waals surface area contributed by atoms with E-state index in [2.05, 4.69) is 45.9 Å². The fourth-order valence-corrected chi connectivity index (χ4v) is 6.30. The van der Waals surface area contributed by atoms with Crippen LogP contribution in [0, 0.1) is 0 Å². The molecule has 0 unspecified atom stereocenters. The van der Waals surface area contributed by atoms with Gasteiger partial charge in [0.1, 0.15) is 0 Å². The second kappa shape index (κ2) is 13.3. The van der Waals surface area contributed by atoms with Crippen molar-refractivity contribution >= 4 is 11.6 Å². The van der Waals surface area contributed by atoms with Gasteiger partial charge in [-0.2, -0.15) is 26.3 Å². The first kappa shape index (κ1) is 32.0. The molecule has 0 radical (unpaired) electrons. The van der Waals surface area contributed by atoms with Gasteiger partial charge >= 0.3 is 12.4 Å². The molecule has 3 aromatic rings. The van der Waals surface area contributed by atoms with E-state index in [0.29, 0.717) is 39.1 Å². The molecule has 0 bridgehead atoms. The number of hydrogen-bond acceptors (Lipinski definition) is 6. The number of nitrogens with zero attached hydrogens (tertiary/aromatic N) is 5. The molecule has 0 spiro atoms. The number of likely N-dealkylation sites (N-methyl/N-ethyl adjacent to an activating group) is 1. The predicted octanol–water partition coefficient (Wildman–Crippen LogP) is 6.84. The third kappa shape index (κ3) is 7.63. The number of benzene rings is 2. The third-order valence-corrected chi connectivity index (χ3v) is 8.72. The number of rotatable bonds is 8. The van der Waals surface area contributed by atoms with Gasteiger partial charge in [-0.1, -0.05) is 37.3 Å². The van der Waals surface area contributed by atoms with Crippen molar-refractivity contribution in [2.24, 2.45) is 0 Å². The third-order valence-electron chi connectivity index (χ3n) is 8.72. The molecule has 2 aromatic carbocycles. The average molecular weight is 622 g/mol. The Morgan fingerprint density at radius 3 is 2.00 bits per heavy atom. The van der Waals surface area contributed by atoms with Crippen molar-refractivity contribution in [1.29, 1.82) is 0 Å². The fourth-order valence-electron chi connectivity index (χ4n) is 6.30. The van der Waals surface area contributed by atoms with Crippen molar-refractivity contribution in [2.45, 2.75) is 69.6 Å². The van der Waals surface area contributed by atoms with Gasteiger partial charge in [-0.3, -0.25) is 4.90 Å². The van der Waals surface area contributed by atoms with Gasteiger partial charge in [0, 0.05) is 37.8 Å². The predicted molar refractivity (Wildman–Crippen MR) is 156 cm³/mol. The number of alkyl halides is 6. The molecular weight excluding hydrogens is 584 g/mol. The summed E-state index contributed by atoms with van der Waals surface area (Å²) in [6.07, 6.45) is -3.62. The summed E-state index contributed by atoms with van der Waals surface area (Å²) in [5.41, 5.74) is -0.817. The van der Waals surface area contributed by atoms with E-state index >= 15 is 0 Å². The summed E-state index contributed by atoms with van der Waals surface area (Å²) in [7, 11) is 2.08. The molecule has 0 amide bonds. The van der Waals surface area contributed by atoms with Gasteiger partial charge in [-0.05, 0) is 62.1 Å². The number of halogens is 6. The molecule has 1 aromatic heterocycles. The van der Waals surface area contributed by atoms with Crippen molar-refractivity contribution in [3.8, 4) is 0 Å². The zero-order chi connectivity index (χ0) is 31.5. The molecule has 12 heteroatoms. The Hall–Kier alpha value is -3.38. The number of ether oxygens (including phenoxy) is 1. The van der Waals surface area contributed by atoms with Crippen molar-refractivity contribution in [3.63, 3.8) is 0 Å². The summed E-state index contributed by atoms with van der Waals surface area (Å²) in [5, 5.41) is 0. The molecule has 44 heavy (non-hydrogen) atoms. The van der Waals surface area contributed by atoms with E-state index < -0.39 is 23.5 Å². The van der Waals surface area contributed by atoms with Crippen LogP contribution in [0.4, 0.5) is 38.0 Å². The zero-order valence-corrected chi connectivity index (χ0v) is 24.8. The van der Waals surface area contributed by atoms with Gasteiger partial charge in [0.25, 0.3) is 0 Å². The normalized spacial score (nSPS) is 21.8. The summed E-state index contributed by atoms with van der Waals surface area (Å²) in [6, 6.07) is 11.8. The second-order valence-electron chi connectivity index (χ2n) is 11.6. The molecule has 0 aliphatic carbocycles. The highest BCUT2D eigenvalue weighted by atomic mass is 19.4. The largest absolute Gasteiger partial charge is 0.416 e. The van der Waals surface area contributed by atoms with E-state index in [0.717, 1.165) is 36.2 Å². The lowest BCUT2D eigenvalue weighted by Crippen LogP contribution is -2.54. The van der Waals surface area contributed by atoms with Crippen LogP contribution in [0.15, 0.2) is 60.9 Å². The average Bonchev–Trinajstić information content (AvgIpc) is 3.01. The number of anilines is 2. The maximum atomic E-state index is 13.7. The molecule has 2 aliphatic heterocycles. The minimum atomic E-state index is -4.93. The maximum Gasteiger partial charge on any atom is 0.416 e. The summed E-state index contributed by atoms with van der Waals surface area (Å²) >= 11 is 0. The van der Waals surface area contributed by atoms with Crippen molar-refractivity contribution < 1.29 is 31.1 Å². The Labute approximate surface area is 253 Å². The van der Waals surface area contributed by atoms with E-state index in [1.807, 2.05) is 18.2 Å². The number of hydrogen-bond donors (Lipinski definition) is 0. The van der Waals surface area contributed by atoms with Crippen LogP contribution in [0.1, 0.15) is 48.4 Å². The lowest BCUT2D eigenvalue weighted by molar-refractivity contribution is -0.143. The van der Waals surface area contributed by atoms with Gasteiger partial charge in [0.2, 0.25) is 5.95 Å². The van der Waals surface area contributed by atoms with Crippen LogP contribution >= 0.6 is 0 Å². The SMILES string of the molecule is CC[C@@H]1C[C@H](N(Cc2cc(C(F)(F)F)cc(C(F)(F)F)c2)c2ncc(N3CCOCC3)cn2)C[C@H](Cc2ccccc2)N1C. The van der Waals surface area contributed by atoms with Gasteiger partial charge in [0.05, 0.1) is 42.4 Å². The van der Waals surface area contributed by atoms with Gasteiger partial charge in [0.15, 0.2) is 0 Å². The summed E-state index contributed by atoms with van der Waals surface area (Å²) in [6.45, 7) is 4.37. The van der Waals surface area contributed by atoms with Gasteiger partial charge < -0.3 is 14.5 Å². The van der Waals surface area contributed by atoms with Crippen LogP contribution < -0.4 is 9.80 Å². The number of piperidine rings is 1. The number of likely N-dealkylation sites (tertiary alicyclic amines) is 1.